The molecule has 18 heavy (non-hydrogen) atoms. The highest BCUT2D eigenvalue weighted by Gasteiger charge is 2.35. The Morgan fingerprint density at radius 2 is 2.06 bits per heavy atom. The van der Waals surface area contributed by atoms with Gasteiger partial charge in [-0.3, -0.25) is 0 Å². The van der Waals surface area contributed by atoms with Crippen LogP contribution in [-0.4, -0.2) is 29.4 Å². The van der Waals surface area contributed by atoms with E-state index in [1.165, 1.54) is 0 Å². The molecule has 0 fully saturated rings. The summed E-state index contributed by atoms with van der Waals surface area (Å²) in [5, 5.41) is 11.7. The smallest absolute Gasteiger partial charge is 0.179 e. The van der Waals surface area contributed by atoms with Gasteiger partial charge >= 0.3 is 5.38 Å². The van der Waals surface area contributed by atoms with Crippen molar-refractivity contribution in [1.82, 2.24) is 29.4 Å². The van der Waals surface area contributed by atoms with E-state index in [-0.39, 0.29) is 4.96 Å². The predicted octanol–water partition coefficient (Wildman–Crippen LogP) is 2.30. The minimum atomic E-state index is -3.61. The van der Waals surface area contributed by atoms with Crippen molar-refractivity contribution in [3.8, 4) is 9.88 Å². The second-order valence-corrected chi connectivity index (χ2v) is 5.50. The average molecular weight is 309 g/mol. The lowest BCUT2D eigenvalue weighted by molar-refractivity contribution is 0.0821. The van der Waals surface area contributed by atoms with Gasteiger partial charge in [0.05, 0.1) is 5.69 Å². The number of nitrogens with zero attached hydrogens (tertiary/aromatic N) is 6. The van der Waals surface area contributed by atoms with Crippen LogP contribution in [0.1, 0.15) is 11.5 Å². The summed E-state index contributed by atoms with van der Waals surface area (Å²) >= 11 is 7.19. The summed E-state index contributed by atoms with van der Waals surface area (Å²) in [6.45, 7) is 1.76. The molecule has 3 heterocycles. The van der Waals surface area contributed by atoms with Gasteiger partial charge in [-0.2, -0.15) is 18.4 Å². The molecule has 0 N–H and O–H groups in total. The molecule has 0 aliphatic rings. The molecule has 0 aliphatic carbocycles. The van der Waals surface area contributed by atoms with Crippen molar-refractivity contribution in [2.45, 2.75) is 12.3 Å². The summed E-state index contributed by atoms with van der Waals surface area (Å²) in [5.74, 6) is -0.697. The Morgan fingerprint density at radius 3 is 2.67 bits per heavy atom. The highest BCUT2D eigenvalue weighted by molar-refractivity contribution is 7.23. The fraction of sp³-hybridized carbons (Fsp3) is 0.286. The van der Waals surface area contributed by atoms with E-state index in [4.69, 9.17) is 11.6 Å². The lowest BCUT2D eigenvalue weighted by atomic mass is 10.4. The normalized spacial score (nSPS) is 12.4. The first-order valence-electron chi connectivity index (χ1n) is 4.55. The molecule has 0 amide bonds. The Balaban J connectivity index is 2.19. The van der Waals surface area contributed by atoms with Crippen LogP contribution in [0.15, 0.2) is 0 Å². The van der Waals surface area contributed by atoms with E-state index >= 15 is 0 Å². The summed E-state index contributed by atoms with van der Waals surface area (Å²) in [6.07, 6.45) is 0. The first-order chi connectivity index (χ1) is 8.47. The monoisotopic (exact) mass is 308 g/mol. The number of halogens is 3. The van der Waals surface area contributed by atoms with E-state index in [0.29, 0.717) is 15.6 Å². The molecule has 0 radical (unpaired) electrons. The number of aromatic nitrogens is 6. The second-order valence-electron chi connectivity index (χ2n) is 3.31. The molecule has 0 saturated carbocycles. The summed E-state index contributed by atoms with van der Waals surface area (Å²) < 4.78 is 30.8. The number of fused-ring (bicyclic) bond motifs is 1. The van der Waals surface area contributed by atoms with Crippen LogP contribution < -0.4 is 0 Å². The number of rotatable bonds is 2. The van der Waals surface area contributed by atoms with Crippen LogP contribution in [-0.2, 0) is 5.38 Å². The van der Waals surface area contributed by atoms with Gasteiger partial charge in [0.1, 0.15) is 4.88 Å². The summed E-state index contributed by atoms with van der Waals surface area (Å²) in [4.78, 5) is 0.961. The van der Waals surface area contributed by atoms with Gasteiger partial charge in [0.15, 0.2) is 5.01 Å². The maximum absolute atomic E-state index is 13.0. The van der Waals surface area contributed by atoms with Crippen molar-refractivity contribution in [3.63, 3.8) is 0 Å². The first-order valence-corrected chi connectivity index (χ1v) is 6.52. The molecule has 11 heteroatoms. The number of alkyl halides is 3. The van der Waals surface area contributed by atoms with Crippen molar-refractivity contribution < 1.29 is 8.78 Å². The van der Waals surface area contributed by atoms with E-state index in [2.05, 4.69) is 24.9 Å². The number of hydrogen-bond acceptors (Lipinski definition) is 7. The second kappa shape index (κ2) is 3.87. The van der Waals surface area contributed by atoms with Crippen molar-refractivity contribution in [1.29, 1.82) is 0 Å². The first kappa shape index (κ1) is 11.8. The third-order valence-electron chi connectivity index (χ3n) is 2.09. The van der Waals surface area contributed by atoms with E-state index < -0.39 is 11.2 Å². The molecule has 0 unspecified atom stereocenters. The number of hydrogen-bond donors (Lipinski definition) is 0. The topological polar surface area (TPSA) is 68.9 Å². The zero-order chi connectivity index (χ0) is 12.9. The molecule has 3 rings (SSSR count). The van der Waals surface area contributed by atoms with E-state index in [1.807, 2.05) is 0 Å². The Hall–Kier alpha value is -1.26. The van der Waals surface area contributed by atoms with Gasteiger partial charge in [0.2, 0.25) is 10.8 Å². The van der Waals surface area contributed by atoms with E-state index in [9.17, 15) is 8.78 Å². The van der Waals surface area contributed by atoms with Crippen LogP contribution in [0.4, 0.5) is 8.78 Å². The summed E-state index contributed by atoms with van der Waals surface area (Å²) in [7, 11) is 0. The van der Waals surface area contributed by atoms with Crippen molar-refractivity contribution in [2.24, 2.45) is 0 Å². The van der Waals surface area contributed by atoms with Gasteiger partial charge in [0, 0.05) is 0 Å². The van der Waals surface area contributed by atoms with Crippen LogP contribution in [0.2, 0.25) is 0 Å². The van der Waals surface area contributed by atoms with Crippen molar-refractivity contribution >= 4 is 39.4 Å². The Bertz CT molecular complexity index is 713. The fourth-order valence-electron chi connectivity index (χ4n) is 1.31. The standard InChI is InChI=1S/C7H3ClF2N6S2/c1-2-3(18-15-11-2)4-14-16-5(7(8,9)10)12-13-6(16)17-4/h1H3. The molecular formula is C7H3ClF2N6S2. The molecule has 0 atom stereocenters. The highest BCUT2D eigenvalue weighted by Crippen LogP contribution is 2.34. The van der Waals surface area contributed by atoms with E-state index in [0.717, 1.165) is 27.4 Å². The van der Waals surface area contributed by atoms with Gasteiger partial charge in [-0.15, -0.1) is 15.3 Å². The van der Waals surface area contributed by atoms with Crippen LogP contribution in [0.5, 0.6) is 0 Å². The largest absolute Gasteiger partial charge is 0.383 e. The molecule has 0 bridgehead atoms. The molecule has 0 aliphatic heterocycles. The zero-order valence-corrected chi connectivity index (χ0v) is 11.0. The minimum Gasteiger partial charge on any atom is -0.179 e. The average Bonchev–Trinajstić information content (AvgIpc) is 2.87. The SMILES string of the molecule is Cc1nnsc1-c1nn2c(C(F)(F)Cl)nnc2s1. The van der Waals surface area contributed by atoms with Crippen molar-refractivity contribution in [3.05, 3.63) is 11.5 Å². The molecular weight excluding hydrogens is 306 g/mol. The van der Waals surface area contributed by atoms with Gasteiger partial charge in [0.25, 0.3) is 0 Å². The predicted molar refractivity (Wildman–Crippen MR) is 62.0 cm³/mol. The number of aryl methyl sites for hydroxylation is 1. The Morgan fingerprint density at radius 1 is 1.28 bits per heavy atom. The lowest BCUT2D eigenvalue weighted by Gasteiger charge is -2.01. The Kier molecular flexibility index (Phi) is 2.54. The summed E-state index contributed by atoms with van der Waals surface area (Å²) in [6, 6.07) is 0. The zero-order valence-electron chi connectivity index (χ0n) is 8.63. The molecule has 0 spiro atoms. The van der Waals surface area contributed by atoms with Gasteiger partial charge in [-0.05, 0) is 30.1 Å². The quantitative estimate of drug-likeness (QED) is 0.679. The molecule has 94 valence electrons. The van der Waals surface area contributed by atoms with Crippen LogP contribution >= 0.6 is 34.5 Å². The lowest BCUT2D eigenvalue weighted by Crippen LogP contribution is -2.10. The van der Waals surface area contributed by atoms with Crippen LogP contribution in [0.25, 0.3) is 14.8 Å². The molecule has 6 nitrogen and oxygen atoms in total. The minimum absolute atomic E-state index is 0.244. The molecule has 3 aromatic rings. The third-order valence-corrected chi connectivity index (χ3v) is 4.14. The summed E-state index contributed by atoms with van der Waals surface area (Å²) in [5.41, 5.74) is 0.684. The van der Waals surface area contributed by atoms with E-state index in [1.54, 1.807) is 6.92 Å². The fourth-order valence-corrected chi connectivity index (χ4v) is 3.04. The molecule has 0 saturated heterocycles. The Labute approximate surface area is 111 Å². The van der Waals surface area contributed by atoms with Gasteiger partial charge < -0.3 is 0 Å². The van der Waals surface area contributed by atoms with Crippen LogP contribution in [0, 0.1) is 6.92 Å². The maximum Gasteiger partial charge on any atom is 0.383 e. The van der Waals surface area contributed by atoms with Gasteiger partial charge in [-0.25, -0.2) is 0 Å². The maximum atomic E-state index is 13.0. The highest BCUT2D eigenvalue weighted by atomic mass is 35.5. The molecule has 0 aromatic carbocycles. The van der Waals surface area contributed by atoms with Crippen molar-refractivity contribution in [2.75, 3.05) is 0 Å². The third kappa shape index (κ3) is 1.76. The van der Waals surface area contributed by atoms with Crippen LogP contribution in [0.3, 0.4) is 0 Å². The molecule has 3 aromatic heterocycles. The van der Waals surface area contributed by atoms with Gasteiger partial charge in [-0.1, -0.05) is 15.8 Å².